The molecule has 140 valence electrons. The van der Waals surface area contributed by atoms with Crippen molar-refractivity contribution in [1.29, 1.82) is 0 Å². The molecule has 6 nitrogen and oxygen atoms in total. The third kappa shape index (κ3) is 3.91. The second-order valence-corrected chi connectivity index (χ2v) is 7.04. The molecule has 2 amide bonds. The average molecular weight is 359 g/mol. The second kappa shape index (κ2) is 6.86. The Hall–Kier alpha value is -1.77. The van der Waals surface area contributed by atoms with Gasteiger partial charge < -0.3 is 20.5 Å². The summed E-state index contributed by atoms with van der Waals surface area (Å²) in [6.07, 6.45) is 1.15. The van der Waals surface area contributed by atoms with Gasteiger partial charge in [0.05, 0.1) is 12.0 Å². The highest BCUT2D eigenvalue weighted by atomic mass is 19.4. The van der Waals surface area contributed by atoms with E-state index in [1.165, 1.54) is 4.90 Å². The fraction of sp³-hybridized carbons (Fsp3) is 0.750. The number of aromatic nitrogens is 2. The average Bonchev–Trinajstić information content (AvgIpc) is 3.32. The fourth-order valence-electron chi connectivity index (χ4n) is 3.61. The van der Waals surface area contributed by atoms with Gasteiger partial charge in [0.25, 0.3) is 0 Å². The van der Waals surface area contributed by atoms with Crippen LogP contribution < -0.4 is 11.1 Å². The van der Waals surface area contributed by atoms with Gasteiger partial charge in [0.15, 0.2) is 0 Å². The monoisotopic (exact) mass is 359 g/mol. The lowest BCUT2D eigenvalue weighted by Crippen LogP contribution is -2.53. The van der Waals surface area contributed by atoms with E-state index in [1.807, 2.05) is 17.8 Å². The Labute approximate surface area is 144 Å². The number of nitrogens with one attached hydrogen (secondary N) is 1. The quantitative estimate of drug-likeness (QED) is 0.864. The Morgan fingerprint density at radius 3 is 2.68 bits per heavy atom. The summed E-state index contributed by atoms with van der Waals surface area (Å²) in [6.45, 7) is 0.0360. The molecule has 1 saturated heterocycles. The van der Waals surface area contributed by atoms with E-state index in [1.54, 1.807) is 6.20 Å². The maximum atomic E-state index is 13.1. The number of amides is 2. The van der Waals surface area contributed by atoms with Crippen molar-refractivity contribution in [3.63, 3.8) is 0 Å². The molecule has 2 aliphatic rings. The van der Waals surface area contributed by atoms with Crippen LogP contribution in [0.3, 0.4) is 0 Å². The molecule has 1 aromatic heterocycles. The SMILES string of the molecule is Cn1ccnc1C(NC(=O)N1CCC(C(F)(F)F)C(CN)C1)C1CC1. The molecule has 3 rings (SSSR count). The first kappa shape index (κ1) is 18.0. The minimum absolute atomic E-state index is 0.0322. The Kier molecular flexibility index (Phi) is 4.95. The van der Waals surface area contributed by atoms with E-state index in [0.717, 1.165) is 18.7 Å². The Morgan fingerprint density at radius 1 is 1.44 bits per heavy atom. The molecule has 3 N–H and O–H groups in total. The highest BCUT2D eigenvalue weighted by molar-refractivity contribution is 5.74. The van der Waals surface area contributed by atoms with Gasteiger partial charge in [-0.2, -0.15) is 13.2 Å². The summed E-state index contributed by atoms with van der Waals surface area (Å²) in [5.74, 6) is -1.08. The molecule has 0 aromatic carbocycles. The van der Waals surface area contributed by atoms with E-state index in [-0.39, 0.29) is 38.1 Å². The second-order valence-electron chi connectivity index (χ2n) is 7.04. The van der Waals surface area contributed by atoms with Gasteiger partial charge in [-0.15, -0.1) is 0 Å². The van der Waals surface area contributed by atoms with Gasteiger partial charge >= 0.3 is 12.2 Å². The van der Waals surface area contributed by atoms with Crippen LogP contribution in [-0.2, 0) is 7.05 Å². The van der Waals surface area contributed by atoms with Crippen molar-refractivity contribution in [3.05, 3.63) is 18.2 Å². The normalized spacial score (nSPS) is 25.7. The summed E-state index contributed by atoms with van der Waals surface area (Å²) in [7, 11) is 1.86. The van der Waals surface area contributed by atoms with E-state index < -0.39 is 18.0 Å². The van der Waals surface area contributed by atoms with Crippen molar-refractivity contribution >= 4 is 6.03 Å². The summed E-state index contributed by atoms with van der Waals surface area (Å²) in [4.78, 5) is 18.4. The number of hydrogen-bond donors (Lipinski definition) is 2. The molecule has 2 heterocycles. The van der Waals surface area contributed by atoms with E-state index in [2.05, 4.69) is 10.3 Å². The van der Waals surface area contributed by atoms with Crippen LogP contribution in [0.1, 0.15) is 31.1 Å². The van der Waals surface area contributed by atoms with Gasteiger partial charge in [-0.3, -0.25) is 0 Å². The largest absolute Gasteiger partial charge is 0.392 e. The van der Waals surface area contributed by atoms with E-state index >= 15 is 0 Å². The van der Waals surface area contributed by atoms with Crippen LogP contribution in [0.4, 0.5) is 18.0 Å². The molecule has 3 atom stereocenters. The number of hydrogen-bond acceptors (Lipinski definition) is 3. The van der Waals surface area contributed by atoms with Crippen molar-refractivity contribution in [3.8, 4) is 0 Å². The van der Waals surface area contributed by atoms with Crippen LogP contribution in [-0.4, -0.2) is 46.3 Å². The standard InChI is InChI=1S/C16H24F3N5O/c1-23-7-5-21-14(23)13(10-2-3-10)22-15(25)24-6-4-12(16(17,18)19)11(8-20)9-24/h5,7,10-13H,2-4,6,8-9,20H2,1H3,(H,22,25). The van der Waals surface area contributed by atoms with Gasteiger partial charge in [0, 0.05) is 38.4 Å². The zero-order chi connectivity index (χ0) is 18.2. The van der Waals surface area contributed by atoms with Crippen LogP contribution in [0, 0.1) is 17.8 Å². The zero-order valence-electron chi connectivity index (χ0n) is 14.2. The maximum Gasteiger partial charge on any atom is 0.392 e. The molecule has 1 aliphatic heterocycles. The van der Waals surface area contributed by atoms with E-state index in [0.29, 0.717) is 5.92 Å². The number of carbonyl (C=O) groups excluding carboxylic acids is 1. The van der Waals surface area contributed by atoms with Gasteiger partial charge in [-0.05, 0) is 31.7 Å². The van der Waals surface area contributed by atoms with Crippen LogP contribution in [0.2, 0.25) is 0 Å². The minimum Gasteiger partial charge on any atom is -0.336 e. The van der Waals surface area contributed by atoms with Crippen LogP contribution in [0.5, 0.6) is 0 Å². The smallest absolute Gasteiger partial charge is 0.336 e. The predicted octanol–water partition coefficient (Wildman–Crippen LogP) is 2.04. The zero-order valence-corrected chi connectivity index (χ0v) is 14.2. The van der Waals surface area contributed by atoms with Crippen LogP contribution in [0.15, 0.2) is 12.4 Å². The molecule has 2 fully saturated rings. The molecule has 25 heavy (non-hydrogen) atoms. The predicted molar refractivity (Wildman–Crippen MR) is 85.5 cm³/mol. The van der Waals surface area contributed by atoms with E-state index in [4.69, 9.17) is 5.73 Å². The number of aryl methyl sites for hydroxylation is 1. The van der Waals surface area contributed by atoms with Crippen molar-refractivity contribution in [2.24, 2.45) is 30.5 Å². The Morgan fingerprint density at radius 2 is 2.16 bits per heavy atom. The highest BCUT2D eigenvalue weighted by Crippen LogP contribution is 2.41. The maximum absolute atomic E-state index is 13.1. The summed E-state index contributed by atoms with van der Waals surface area (Å²) in [5.41, 5.74) is 5.54. The van der Waals surface area contributed by atoms with Crippen LogP contribution >= 0.6 is 0 Å². The minimum atomic E-state index is -4.27. The lowest BCUT2D eigenvalue weighted by molar-refractivity contribution is -0.197. The third-order valence-electron chi connectivity index (χ3n) is 5.25. The van der Waals surface area contributed by atoms with Crippen molar-refractivity contribution in [1.82, 2.24) is 19.8 Å². The summed E-state index contributed by atoms with van der Waals surface area (Å²) < 4.78 is 41.1. The first-order chi connectivity index (χ1) is 11.8. The fourth-order valence-corrected chi connectivity index (χ4v) is 3.61. The lowest BCUT2D eigenvalue weighted by atomic mass is 9.85. The first-order valence-electron chi connectivity index (χ1n) is 8.60. The number of carbonyl (C=O) groups is 1. The molecular formula is C16H24F3N5O. The highest BCUT2D eigenvalue weighted by Gasteiger charge is 2.47. The molecule has 1 saturated carbocycles. The summed E-state index contributed by atoms with van der Waals surface area (Å²) >= 11 is 0. The molecular weight excluding hydrogens is 335 g/mol. The molecule has 0 bridgehead atoms. The number of rotatable bonds is 4. The number of alkyl halides is 3. The van der Waals surface area contributed by atoms with Gasteiger partial charge in [-0.25, -0.2) is 9.78 Å². The molecule has 9 heteroatoms. The number of nitrogens with two attached hydrogens (primary N) is 1. The van der Waals surface area contributed by atoms with Crippen molar-refractivity contribution in [2.45, 2.75) is 31.5 Å². The summed E-state index contributed by atoms with van der Waals surface area (Å²) in [5, 5.41) is 2.97. The Balaban J connectivity index is 1.66. The van der Waals surface area contributed by atoms with E-state index in [9.17, 15) is 18.0 Å². The number of likely N-dealkylation sites (tertiary alicyclic amines) is 1. The van der Waals surface area contributed by atoms with Gasteiger partial charge in [0.1, 0.15) is 5.82 Å². The van der Waals surface area contributed by atoms with Crippen molar-refractivity contribution in [2.75, 3.05) is 19.6 Å². The van der Waals surface area contributed by atoms with Crippen molar-refractivity contribution < 1.29 is 18.0 Å². The molecule has 1 aromatic rings. The lowest BCUT2D eigenvalue weighted by Gasteiger charge is -2.39. The first-order valence-corrected chi connectivity index (χ1v) is 8.60. The molecule has 0 spiro atoms. The number of imidazole rings is 1. The molecule has 0 radical (unpaired) electrons. The third-order valence-corrected chi connectivity index (χ3v) is 5.25. The topological polar surface area (TPSA) is 76.2 Å². The number of halogens is 3. The van der Waals surface area contributed by atoms with Gasteiger partial charge in [-0.1, -0.05) is 0 Å². The number of piperidine rings is 1. The summed E-state index contributed by atoms with van der Waals surface area (Å²) in [6, 6.07) is -0.539. The molecule has 1 aliphatic carbocycles. The van der Waals surface area contributed by atoms with Gasteiger partial charge in [0.2, 0.25) is 0 Å². The Bertz CT molecular complexity index is 613. The number of nitrogens with zero attached hydrogens (tertiary/aromatic N) is 3. The van der Waals surface area contributed by atoms with Crippen LogP contribution in [0.25, 0.3) is 0 Å². The number of urea groups is 1. The molecule has 3 unspecified atom stereocenters.